The Hall–Kier alpha value is -2.16. The second kappa shape index (κ2) is 6.95. The molecule has 3 nitrogen and oxygen atoms in total. The molecule has 0 aliphatic rings. The lowest BCUT2D eigenvalue weighted by molar-refractivity contribution is 0.409. The summed E-state index contributed by atoms with van der Waals surface area (Å²) in [6, 6.07) is 11.8. The number of aromatic hydroxyl groups is 3. The molecule has 0 bridgehead atoms. The molecular weight excluding hydrogens is 288 g/mol. The molecule has 0 atom stereocenters. The molecule has 0 saturated carbocycles. The van der Waals surface area contributed by atoms with Crippen molar-refractivity contribution in [1.29, 1.82) is 0 Å². The first kappa shape index (κ1) is 18.9. The van der Waals surface area contributed by atoms with Gasteiger partial charge in [0.2, 0.25) is 0 Å². The second-order valence-corrected chi connectivity index (χ2v) is 7.69. The lowest BCUT2D eigenvalue weighted by Gasteiger charge is -2.31. The molecule has 0 heterocycles. The third-order valence-corrected chi connectivity index (χ3v) is 3.42. The zero-order valence-electron chi connectivity index (χ0n) is 14.9. The maximum Gasteiger partial charge on any atom is 0.119 e. The van der Waals surface area contributed by atoms with Gasteiger partial charge in [-0.05, 0) is 35.1 Å². The summed E-state index contributed by atoms with van der Waals surface area (Å²) < 4.78 is 0. The van der Waals surface area contributed by atoms with E-state index >= 15 is 0 Å². The quantitative estimate of drug-likeness (QED) is 0.594. The molecule has 23 heavy (non-hydrogen) atoms. The van der Waals surface area contributed by atoms with Gasteiger partial charge >= 0.3 is 0 Å². The van der Waals surface area contributed by atoms with E-state index in [1.807, 2.05) is 47.6 Å². The van der Waals surface area contributed by atoms with Gasteiger partial charge in [-0.2, -0.15) is 0 Å². The molecule has 2 aromatic carbocycles. The van der Waals surface area contributed by atoms with Crippen LogP contribution in [0.25, 0.3) is 0 Å². The number of benzene rings is 2. The molecule has 126 valence electrons. The summed E-state index contributed by atoms with van der Waals surface area (Å²) in [5.41, 5.74) is 1.29. The highest BCUT2D eigenvalue weighted by Crippen LogP contribution is 2.43. The Morgan fingerprint density at radius 1 is 0.565 bits per heavy atom. The number of hydrogen-bond acceptors (Lipinski definition) is 3. The average Bonchev–Trinajstić information content (AvgIpc) is 2.40. The first-order valence-corrected chi connectivity index (χ1v) is 7.74. The summed E-state index contributed by atoms with van der Waals surface area (Å²) in [7, 11) is 0. The summed E-state index contributed by atoms with van der Waals surface area (Å²) in [6.07, 6.45) is 0. The SMILES string of the molecule is CC(C)(C)c1c(O)ccc(O)c1C(C)(C)C.Oc1ccccc1. The van der Waals surface area contributed by atoms with Crippen molar-refractivity contribution in [1.82, 2.24) is 0 Å². The number of phenols is 3. The van der Waals surface area contributed by atoms with Crippen LogP contribution in [0, 0.1) is 0 Å². The highest BCUT2D eigenvalue weighted by atomic mass is 16.3. The molecular formula is C20H28O3. The fourth-order valence-electron chi connectivity index (χ4n) is 2.53. The minimum absolute atomic E-state index is 0.189. The van der Waals surface area contributed by atoms with E-state index in [4.69, 9.17) is 5.11 Å². The molecule has 0 amide bonds. The first-order chi connectivity index (χ1) is 10.4. The van der Waals surface area contributed by atoms with Gasteiger partial charge in [0.25, 0.3) is 0 Å². The van der Waals surface area contributed by atoms with E-state index in [0.29, 0.717) is 5.75 Å². The third-order valence-electron chi connectivity index (χ3n) is 3.42. The smallest absolute Gasteiger partial charge is 0.119 e. The van der Waals surface area contributed by atoms with Gasteiger partial charge in [-0.3, -0.25) is 0 Å². The maximum absolute atomic E-state index is 10.0. The van der Waals surface area contributed by atoms with Crippen LogP contribution < -0.4 is 0 Å². The second-order valence-electron chi connectivity index (χ2n) is 7.69. The van der Waals surface area contributed by atoms with Crippen molar-refractivity contribution < 1.29 is 15.3 Å². The van der Waals surface area contributed by atoms with Gasteiger partial charge in [-0.1, -0.05) is 59.7 Å². The standard InChI is InChI=1S/C14H22O2.C6H6O/c1-13(2,3)11-9(15)7-8-10(16)12(11)14(4,5)6;7-6-4-2-1-3-5-6/h7-8,15-16H,1-6H3;1-5,7H. The first-order valence-electron chi connectivity index (χ1n) is 7.74. The summed E-state index contributed by atoms with van der Waals surface area (Å²) in [6.45, 7) is 12.2. The zero-order valence-corrected chi connectivity index (χ0v) is 14.9. The number of hydrogen-bond donors (Lipinski definition) is 3. The molecule has 3 N–H and O–H groups in total. The summed E-state index contributed by atoms with van der Waals surface area (Å²) >= 11 is 0. The summed E-state index contributed by atoms with van der Waals surface area (Å²) in [5, 5.41) is 28.6. The predicted octanol–water partition coefficient (Wildman–Crippen LogP) is 5.09. The van der Waals surface area contributed by atoms with Gasteiger partial charge in [-0.15, -0.1) is 0 Å². The lowest BCUT2D eigenvalue weighted by atomic mass is 9.74. The van der Waals surface area contributed by atoms with Crippen LogP contribution in [0.2, 0.25) is 0 Å². The predicted molar refractivity (Wildman–Crippen MR) is 95.3 cm³/mol. The van der Waals surface area contributed by atoms with E-state index < -0.39 is 0 Å². The van der Waals surface area contributed by atoms with Crippen molar-refractivity contribution in [2.45, 2.75) is 52.4 Å². The van der Waals surface area contributed by atoms with Crippen molar-refractivity contribution >= 4 is 0 Å². The van der Waals surface area contributed by atoms with Crippen molar-refractivity contribution in [3.8, 4) is 17.2 Å². The Bertz CT molecular complexity index is 593. The Morgan fingerprint density at radius 3 is 1.13 bits per heavy atom. The average molecular weight is 316 g/mol. The summed E-state index contributed by atoms with van der Waals surface area (Å²) in [5.74, 6) is 0.841. The molecule has 0 aliphatic heterocycles. The number of phenolic OH excluding ortho intramolecular Hbond substituents is 3. The van der Waals surface area contributed by atoms with Gasteiger partial charge < -0.3 is 15.3 Å². The number of para-hydroxylation sites is 1. The Kier molecular flexibility index (Phi) is 5.70. The fraction of sp³-hybridized carbons (Fsp3) is 0.400. The van der Waals surface area contributed by atoms with E-state index in [1.165, 1.54) is 0 Å². The van der Waals surface area contributed by atoms with Crippen molar-refractivity contribution in [3.63, 3.8) is 0 Å². The molecule has 0 unspecified atom stereocenters. The van der Waals surface area contributed by atoms with E-state index in [-0.39, 0.29) is 22.3 Å². The largest absolute Gasteiger partial charge is 0.508 e. The molecule has 0 saturated heterocycles. The Balaban J connectivity index is 0.000000313. The van der Waals surface area contributed by atoms with Gasteiger partial charge in [0.05, 0.1) is 0 Å². The van der Waals surface area contributed by atoms with Crippen LogP contribution in [0.1, 0.15) is 52.7 Å². The van der Waals surface area contributed by atoms with Crippen molar-refractivity contribution in [2.75, 3.05) is 0 Å². The van der Waals surface area contributed by atoms with Crippen LogP contribution in [0.3, 0.4) is 0 Å². The van der Waals surface area contributed by atoms with Gasteiger partial charge in [0.1, 0.15) is 17.2 Å². The molecule has 0 fully saturated rings. The molecule has 0 aromatic heterocycles. The van der Waals surface area contributed by atoms with E-state index in [2.05, 4.69) is 0 Å². The van der Waals surface area contributed by atoms with E-state index in [0.717, 1.165) is 11.1 Å². The van der Waals surface area contributed by atoms with Crippen LogP contribution in [0.5, 0.6) is 17.2 Å². The van der Waals surface area contributed by atoms with E-state index in [1.54, 1.807) is 36.4 Å². The van der Waals surface area contributed by atoms with Crippen LogP contribution in [-0.2, 0) is 10.8 Å². The molecule has 0 radical (unpaired) electrons. The van der Waals surface area contributed by atoms with Gasteiger partial charge in [0, 0.05) is 11.1 Å². The van der Waals surface area contributed by atoms with Crippen LogP contribution in [-0.4, -0.2) is 15.3 Å². The lowest BCUT2D eigenvalue weighted by Crippen LogP contribution is -2.22. The van der Waals surface area contributed by atoms with Crippen LogP contribution in [0.15, 0.2) is 42.5 Å². The highest BCUT2D eigenvalue weighted by molar-refractivity contribution is 5.53. The highest BCUT2D eigenvalue weighted by Gasteiger charge is 2.30. The molecule has 0 aliphatic carbocycles. The monoisotopic (exact) mass is 316 g/mol. The molecule has 2 aromatic rings. The van der Waals surface area contributed by atoms with E-state index in [9.17, 15) is 10.2 Å². The van der Waals surface area contributed by atoms with Crippen LogP contribution >= 0.6 is 0 Å². The Labute approximate surface area is 139 Å². The maximum atomic E-state index is 10.0. The van der Waals surface area contributed by atoms with Crippen molar-refractivity contribution in [2.24, 2.45) is 0 Å². The van der Waals surface area contributed by atoms with Gasteiger partial charge in [-0.25, -0.2) is 0 Å². The van der Waals surface area contributed by atoms with Crippen molar-refractivity contribution in [3.05, 3.63) is 53.6 Å². The topological polar surface area (TPSA) is 60.7 Å². The fourth-order valence-corrected chi connectivity index (χ4v) is 2.53. The minimum atomic E-state index is -0.189. The molecule has 0 spiro atoms. The third kappa shape index (κ3) is 5.20. The summed E-state index contributed by atoms with van der Waals surface area (Å²) in [4.78, 5) is 0. The normalized spacial score (nSPS) is 11.6. The molecule has 3 heteroatoms. The van der Waals surface area contributed by atoms with Crippen LogP contribution in [0.4, 0.5) is 0 Å². The zero-order chi connectivity index (χ0) is 17.8. The number of rotatable bonds is 0. The van der Waals surface area contributed by atoms with Gasteiger partial charge in [0.15, 0.2) is 0 Å². The minimum Gasteiger partial charge on any atom is -0.508 e. The molecule has 2 rings (SSSR count). The Morgan fingerprint density at radius 2 is 0.913 bits per heavy atom.